The van der Waals surface area contributed by atoms with Gasteiger partial charge in [-0.15, -0.1) is 0 Å². The molecule has 1 aliphatic rings. The average molecular weight is 512 g/mol. The molecule has 2 amide bonds. The summed E-state index contributed by atoms with van der Waals surface area (Å²) in [6, 6.07) is 14.4. The van der Waals surface area contributed by atoms with Gasteiger partial charge in [0.15, 0.2) is 11.9 Å². The van der Waals surface area contributed by atoms with E-state index in [-0.39, 0.29) is 36.0 Å². The van der Waals surface area contributed by atoms with Gasteiger partial charge in [0, 0.05) is 31.7 Å². The Morgan fingerprint density at radius 2 is 1.81 bits per heavy atom. The molecule has 3 aromatic rings. The molecule has 0 saturated carbocycles. The molecule has 1 fully saturated rings. The molecule has 3 N–H and O–H groups in total. The number of carbonyl (C=O) groups is 2. The van der Waals surface area contributed by atoms with Crippen molar-refractivity contribution in [1.29, 1.82) is 0 Å². The van der Waals surface area contributed by atoms with Gasteiger partial charge in [0.25, 0.3) is 21.8 Å². The SMILES string of the molecule is Cc1cccc(C(=O)N2CCN(S(=O)(=O)c3c(C)noc3C)C2C(=O)NCc2cccc(CN)c2)c1. The van der Waals surface area contributed by atoms with E-state index in [2.05, 4.69) is 10.5 Å². The summed E-state index contributed by atoms with van der Waals surface area (Å²) in [6.45, 7) is 5.38. The highest BCUT2D eigenvalue weighted by atomic mass is 32.2. The fourth-order valence-electron chi connectivity index (χ4n) is 4.39. The number of nitrogens with zero attached hydrogens (tertiary/aromatic N) is 3. The van der Waals surface area contributed by atoms with E-state index in [4.69, 9.17) is 10.3 Å². The highest BCUT2D eigenvalue weighted by molar-refractivity contribution is 7.89. The zero-order valence-electron chi connectivity index (χ0n) is 20.4. The third kappa shape index (κ3) is 4.90. The summed E-state index contributed by atoms with van der Waals surface area (Å²) in [5.41, 5.74) is 8.86. The van der Waals surface area contributed by atoms with Crippen molar-refractivity contribution in [3.05, 3.63) is 82.2 Å². The molecule has 0 radical (unpaired) electrons. The second-order valence-electron chi connectivity index (χ2n) is 8.75. The van der Waals surface area contributed by atoms with Gasteiger partial charge in [-0.1, -0.05) is 47.1 Å². The van der Waals surface area contributed by atoms with Crippen LogP contribution in [0.15, 0.2) is 57.9 Å². The monoisotopic (exact) mass is 511 g/mol. The second-order valence-corrected chi connectivity index (χ2v) is 10.6. The first kappa shape index (κ1) is 25.5. The molecule has 1 atom stereocenters. The van der Waals surface area contributed by atoms with Gasteiger partial charge in [0.05, 0.1) is 0 Å². The number of rotatable bonds is 7. The van der Waals surface area contributed by atoms with Crippen LogP contribution in [0.4, 0.5) is 0 Å². The molecule has 2 heterocycles. The highest BCUT2D eigenvalue weighted by Crippen LogP contribution is 2.29. The summed E-state index contributed by atoms with van der Waals surface area (Å²) in [4.78, 5) is 28.1. The van der Waals surface area contributed by atoms with Crippen LogP contribution in [0.1, 0.15) is 38.5 Å². The van der Waals surface area contributed by atoms with E-state index in [0.717, 1.165) is 21.0 Å². The van der Waals surface area contributed by atoms with Crippen LogP contribution in [0.3, 0.4) is 0 Å². The average Bonchev–Trinajstić information content (AvgIpc) is 3.46. The molecule has 0 spiro atoms. The Labute approximate surface area is 210 Å². The first-order valence-electron chi connectivity index (χ1n) is 11.5. The highest BCUT2D eigenvalue weighted by Gasteiger charge is 2.48. The predicted molar refractivity (Wildman–Crippen MR) is 132 cm³/mol. The molecule has 0 aliphatic carbocycles. The number of carbonyl (C=O) groups excluding carboxylic acids is 2. The van der Waals surface area contributed by atoms with E-state index >= 15 is 0 Å². The van der Waals surface area contributed by atoms with Gasteiger partial charge in [-0.3, -0.25) is 9.59 Å². The molecular weight excluding hydrogens is 482 g/mol. The minimum absolute atomic E-state index is 0.0509. The minimum atomic E-state index is -4.20. The van der Waals surface area contributed by atoms with E-state index in [1.165, 1.54) is 18.7 Å². The maximum Gasteiger partial charge on any atom is 0.259 e. The Hall–Kier alpha value is -3.54. The normalized spacial score (nSPS) is 16.3. The van der Waals surface area contributed by atoms with Gasteiger partial charge in [-0.2, -0.15) is 4.31 Å². The van der Waals surface area contributed by atoms with E-state index in [1.807, 2.05) is 37.3 Å². The Balaban J connectivity index is 1.68. The number of hydrogen-bond donors (Lipinski definition) is 2. The van der Waals surface area contributed by atoms with Crippen LogP contribution in [-0.4, -0.2) is 53.8 Å². The lowest BCUT2D eigenvalue weighted by Crippen LogP contribution is -2.53. The van der Waals surface area contributed by atoms with Crippen LogP contribution < -0.4 is 11.1 Å². The third-order valence-electron chi connectivity index (χ3n) is 6.12. The molecule has 1 unspecified atom stereocenters. The minimum Gasteiger partial charge on any atom is -0.360 e. The molecule has 190 valence electrons. The maximum absolute atomic E-state index is 13.7. The molecule has 0 bridgehead atoms. The molecule has 1 saturated heterocycles. The number of nitrogens with one attached hydrogen (secondary N) is 1. The van der Waals surface area contributed by atoms with Crippen molar-refractivity contribution in [3.63, 3.8) is 0 Å². The lowest BCUT2D eigenvalue weighted by atomic mass is 10.1. The van der Waals surface area contributed by atoms with Crippen LogP contribution >= 0.6 is 0 Å². The number of hydrogen-bond acceptors (Lipinski definition) is 7. The van der Waals surface area contributed by atoms with Gasteiger partial charge in [-0.25, -0.2) is 8.42 Å². The van der Waals surface area contributed by atoms with Crippen molar-refractivity contribution < 1.29 is 22.5 Å². The summed E-state index contributed by atoms with van der Waals surface area (Å²) < 4.78 is 33.4. The molecule has 1 aliphatic heterocycles. The van der Waals surface area contributed by atoms with Gasteiger partial charge in [0.1, 0.15) is 10.6 Å². The Morgan fingerprint density at radius 3 is 2.47 bits per heavy atom. The van der Waals surface area contributed by atoms with E-state index in [1.54, 1.807) is 18.2 Å². The Morgan fingerprint density at radius 1 is 1.08 bits per heavy atom. The first-order valence-corrected chi connectivity index (χ1v) is 13.0. The van der Waals surface area contributed by atoms with E-state index in [0.29, 0.717) is 12.1 Å². The van der Waals surface area contributed by atoms with Crippen LogP contribution in [0.2, 0.25) is 0 Å². The summed E-state index contributed by atoms with van der Waals surface area (Å²) in [7, 11) is -4.20. The zero-order chi connectivity index (χ0) is 26.0. The van der Waals surface area contributed by atoms with Crippen molar-refractivity contribution >= 4 is 21.8 Å². The fraction of sp³-hybridized carbons (Fsp3) is 0.320. The zero-order valence-corrected chi connectivity index (χ0v) is 21.2. The number of benzene rings is 2. The van der Waals surface area contributed by atoms with Crippen LogP contribution in [-0.2, 0) is 27.9 Å². The maximum atomic E-state index is 13.7. The second kappa shape index (κ2) is 10.2. The largest absolute Gasteiger partial charge is 0.360 e. The smallest absolute Gasteiger partial charge is 0.259 e. The molecule has 10 nitrogen and oxygen atoms in total. The van der Waals surface area contributed by atoms with Crippen LogP contribution in [0.25, 0.3) is 0 Å². The lowest BCUT2D eigenvalue weighted by Gasteiger charge is -2.28. The third-order valence-corrected chi connectivity index (χ3v) is 8.22. The Kier molecular flexibility index (Phi) is 7.25. The van der Waals surface area contributed by atoms with Gasteiger partial charge in [-0.05, 0) is 44.0 Å². The molecule has 4 rings (SSSR count). The molecule has 1 aromatic heterocycles. The molecule has 11 heteroatoms. The van der Waals surface area contributed by atoms with Crippen molar-refractivity contribution in [2.75, 3.05) is 13.1 Å². The molecule has 36 heavy (non-hydrogen) atoms. The fourth-order valence-corrected chi connectivity index (χ4v) is 6.23. The summed E-state index contributed by atoms with van der Waals surface area (Å²) in [6.07, 6.45) is -1.38. The lowest BCUT2D eigenvalue weighted by molar-refractivity contribution is -0.127. The van der Waals surface area contributed by atoms with Gasteiger partial charge >= 0.3 is 0 Å². The molecular formula is C25H29N5O5S. The van der Waals surface area contributed by atoms with Crippen LogP contribution in [0.5, 0.6) is 0 Å². The van der Waals surface area contributed by atoms with Crippen molar-refractivity contribution in [1.82, 2.24) is 19.7 Å². The quantitative estimate of drug-likeness (QED) is 0.493. The standard InChI is InChI=1S/C25H29N5O5S/c1-16-6-4-9-21(12-16)25(32)29-10-11-30(36(33,34)22-17(2)28-35-18(22)3)24(29)23(31)27-15-20-8-5-7-19(13-20)14-26/h4-9,12-13,24H,10-11,14-15,26H2,1-3H3,(H,27,31). The number of aromatic nitrogens is 1. The number of aryl methyl sites for hydroxylation is 3. The number of nitrogens with two attached hydrogens (primary N) is 1. The summed E-state index contributed by atoms with van der Waals surface area (Å²) in [5, 5.41) is 6.55. The van der Waals surface area contributed by atoms with Gasteiger partial charge in [0.2, 0.25) is 0 Å². The molecule has 2 aromatic carbocycles. The van der Waals surface area contributed by atoms with Crippen molar-refractivity contribution in [2.24, 2.45) is 5.73 Å². The topological polar surface area (TPSA) is 139 Å². The van der Waals surface area contributed by atoms with Crippen molar-refractivity contribution in [2.45, 2.75) is 44.9 Å². The van der Waals surface area contributed by atoms with E-state index in [9.17, 15) is 18.0 Å². The van der Waals surface area contributed by atoms with Crippen LogP contribution in [0, 0.1) is 20.8 Å². The predicted octanol–water partition coefficient (Wildman–Crippen LogP) is 1.85. The summed E-state index contributed by atoms with van der Waals surface area (Å²) >= 11 is 0. The first-order chi connectivity index (χ1) is 17.1. The number of amides is 2. The van der Waals surface area contributed by atoms with Gasteiger partial charge < -0.3 is 20.5 Å². The van der Waals surface area contributed by atoms with E-state index < -0.39 is 28.0 Å². The Bertz CT molecular complexity index is 1380. The number of sulfonamides is 1. The summed E-state index contributed by atoms with van der Waals surface area (Å²) in [5.74, 6) is -0.920. The van der Waals surface area contributed by atoms with Crippen molar-refractivity contribution in [3.8, 4) is 0 Å².